The number of methoxy groups -OCH3 is 1. The Balaban J connectivity index is 1.37. The van der Waals surface area contributed by atoms with Gasteiger partial charge in [-0.1, -0.05) is 58.4 Å². The molecule has 0 radical (unpaired) electrons. The van der Waals surface area contributed by atoms with Crippen LogP contribution in [-0.4, -0.2) is 49.0 Å². The number of anilines is 1. The maximum Gasteiger partial charge on any atom is 0.320 e. The highest BCUT2D eigenvalue weighted by atomic mass is 79.9. The molecule has 0 spiro atoms. The van der Waals surface area contributed by atoms with Crippen LogP contribution in [0.1, 0.15) is 24.0 Å². The Kier molecular flexibility index (Phi) is 10.8. The van der Waals surface area contributed by atoms with E-state index in [9.17, 15) is 18.8 Å². The number of ether oxygens (including phenoxy) is 1. The first-order valence-electron chi connectivity index (χ1n) is 13.2. The number of rotatable bonds is 9. The lowest BCUT2D eigenvalue weighted by atomic mass is 9.94. The lowest BCUT2D eigenvalue weighted by molar-refractivity contribution is -0.137. The van der Waals surface area contributed by atoms with Crippen molar-refractivity contribution in [2.75, 3.05) is 25.5 Å². The first-order valence-corrected chi connectivity index (χ1v) is 14.8. The SMILES string of the molecule is COc1cccc(CNC(=O)C2CCN(C(=O)[C@H](Cc3ccccc3)NC(=O)Nc3c(F)cc(Br)cc3Br)CC2)c1. The van der Waals surface area contributed by atoms with Gasteiger partial charge in [-0.3, -0.25) is 9.59 Å². The smallest absolute Gasteiger partial charge is 0.320 e. The van der Waals surface area contributed by atoms with Crippen molar-refractivity contribution < 1.29 is 23.5 Å². The minimum Gasteiger partial charge on any atom is -0.497 e. The molecule has 1 atom stereocenters. The van der Waals surface area contributed by atoms with Gasteiger partial charge < -0.3 is 25.6 Å². The normalized spacial score (nSPS) is 14.2. The van der Waals surface area contributed by atoms with E-state index in [1.54, 1.807) is 18.1 Å². The van der Waals surface area contributed by atoms with Crippen molar-refractivity contribution in [1.29, 1.82) is 0 Å². The highest BCUT2D eigenvalue weighted by Crippen LogP contribution is 2.29. The molecule has 1 aliphatic rings. The molecule has 1 aliphatic heterocycles. The van der Waals surface area contributed by atoms with Gasteiger partial charge in [-0.2, -0.15) is 0 Å². The maximum absolute atomic E-state index is 14.5. The summed E-state index contributed by atoms with van der Waals surface area (Å²) in [6, 6.07) is 18.1. The van der Waals surface area contributed by atoms with Gasteiger partial charge in [-0.25, -0.2) is 9.18 Å². The number of nitrogens with one attached hydrogen (secondary N) is 3. The monoisotopic (exact) mass is 688 g/mol. The van der Waals surface area contributed by atoms with Crippen LogP contribution in [0.5, 0.6) is 5.75 Å². The minimum absolute atomic E-state index is 0.0302. The number of urea groups is 1. The second-order valence-corrected chi connectivity index (χ2v) is 11.5. The molecule has 4 amide bonds. The number of hydrogen-bond donors (Lipinski definition) is 3. The summed E-state index contributed by atoms with van der Waals surface area (Å²) in [6.45, 7) is 1.16. The number of benzene rings is 3. The standard InChI is InChI=1S/C30H31Br2FN4O4/c1-41-23-9-5-8-20(14-23)18-34-28(38)21-10-12-37(13-11-21)29(39)26(15-19-6-3-2-4-7-19)35-30(40)36-27-24(32)16-22(31)17-25(27)33/h2-9,14,16-17,21,26H,10-13,15,18H2,1H3,(H,34,38)(H2,35,36,40)/t26-/m0/s1. The second-order valence-electron chi connectivity index (χ2n) is 9.75. The molecule has 3 aromatic carbocycles. The molecule has 0 aliphatic carbocycles. The third-order valence-corrected chi connectivity index (χ3v) is 7.99. The predicted octanol–water partition coefficient (Wildman–Crippen LogP) is 5.65. The summed E-state index contributed by atoms with van der Waals surface area (Å²) in [6.07, 6.45) is 1.28. The molecule has 0 bridgehead atoms. The Morgan fingerprint density at radius 2 is 1.71 bits per heavy atom. The average molecular weight is 690 g/mol. The van der Waals surface area contributed by atoms with E-state index < -0.39 is 17.9 Å². The van der Waals surface area contributed by atoms with Crippen molar-refractivity contribution in [3.8, 4) is 5.75 Å². The number of nitrogens with zero attached hydrogens (tertiary/aromatic N) is 1. The zero-order chi connectivity index (χ0) is 29.4. The van der Waals surface area contributed by atoms with E-state index in [0.29, 0.717) is 41.4 Å². The van der Waals surface area contributed by atoms with Crippen LogP contribution in [0.3, 0.4) is 0 Å². The minimum atomic E-state index is -0.881. The average Bonchev–Trinajstić information content (AvgIpc) is 2.97. The van der Waals surface area contributed by atoms with Crippen LogP contribution in [0.2, 0.25) is 0 Å². The Bertz CT molecular complexity index is 1360. The largest absolute Gasteiger partial charge is 0.497 e. The van der Waals surface area contributed by atoms with Gasteiger partial charge in [0.05, 0.1) is 12.8 Å². The van der Waals surface area contributed by atoms with E-state index in [0.717, 1.165) is 16.9 Å². The molecular formula is C30H31Br2FN4O4. The lowest BCUT2D eigenvalue weighted by Gasteiger charge is -2.34. The molecule has 4 rings (SSSR count). The molecule has 8 nitrogen and oxygen atoms in total. The number of halogens is 3. The van der Waals surface area contributed by atoms with E-state index in [2.05, 4.69) is 47.8 Å². The van der Waals surface area contributed by atoms with Crippen LogP contribution >= 0.6 is 31.9 Å². The second kappa shape index (κ2) is 14.5. The van der Waals surface area contributed by atoms with Crippen molar-refractivity contribution >= 4 is 55.4 Å². The Morgan fingerprint density at radius 1 is 1.00 bits per heavy atom. The number of hydrogen-bond acceptors (Lipinski definition) is 4. The number of carbonyl (C=O) groups excluding carboxylic acids is 3. The fraction of sp³-hybridized carbons (Fsp3) is 0.300. The fourth-order valence-electron chi connectivity index (χ4n) is 4.72. The van der Waals surface area contributed by atoms with Gasteiger partial charge in [0, 0.05) is 40.9 Å². The molecule has 0 unspecified atom stereocenters. The zero-order valence-electron chi connectivity index (χ0n) is 22.5. The number of amides is 4. The van der Waals surface area contributed by atoms with Crippen LogP contribution in [0.25, 0.3) is 0 Å². The molecule has 1 saturated heterocycles. The van der Waals surface area contributed by atoms with Crippen LogP contribution < -0.4 is 20.7 Å². The van der Waals surface area contributed by atoms with Crippen molar-refractivity contribution in [3.63, 3.8) is 0 Å². The molecule has 11 heteroatoms. The van der Waals surface area contributed by atoms with Crippen LogP contribution in [0, 0.1) is 11.7 Å². The van der Waals surface area contributed by atoms with E-state index >= 15 is 0 Å². The first-order chi connectivity index (χ1) is 19.7. The summed E-state index contributed by atoms with van der Waals surface area (Å²) in [5.41, 5.74) is 1.78. The summed E-state index contributed by atoms with van der Waals surface area (Å²) in [5.74, 6) is -0.425. The molecule has 216 valence electrons. The third-order valence-electron chi connectivity index (χ3n) is 6.91. The summed E-state index contributed by atoms with van der Waals surface area (Å²) < 4.78 is 20.6. The van der Waals surface area contributed by atoms with Crippen LogP contribution in [0.4, 0.5) is 14.9 Å². The highest BCUT2D eigenvalue weighted by molar-refractivity contribution is 9.11. The van der Waals surface area contributed by atoms with Crippen molar-refractivity contribution in [3.05, 3.63) is 92.6 Å². The highest BCUT2D eigenvalue weighted by Gasteiger charge is 2.32. The summed E-state index contributed by atoms with van der Waals surface area (Å²) in [7, 11) is 1.60. The number of piperidine rings is 1. The Morgan fingerprint density at radius 3 is 2.39 bits per heavy atom. The van der Waals surface area contributed by atoms with Gasteiger partial charge in [0.15, 0.2) is 0 Å². The van der Waals surface area contributed by atoms with Gasteiger partial charge in [0.2, 0.25) is 11.8 Å². The predicted molar refractivity (Wildman–Crippen MR) is 162 cm³/mol. The Labute approximate surface area is 255 Å². The third kappa shape index (κ3) is 8.53. The first kappa shape index (κ1) is 30.5. The van der Waals surface area contributed by atoms with Crippen molar-refractivity contribution in [2.45, 2.75) is 31.8 Å². The molecule has 1 fully saturated rings. The van der Waals surface area contributed by atoms with E-state index in [4.69, 9.17) is 4.74 Å². The molecule has 0 saturated carbocycles. The summed E-state index contributed by atoms with van der Waals surface area (Å²) in [4.78, 5) is 41.0. The van der Waals surface area contributed by atoms with Gasteiger partial charge >= 0.3 is 6.03 Å². The quantitative estimate of drug-likeness (QED) is 0.271. The fourth-order valence-corrected chi connectivity index (χ4v) is 5.99. The molecule has 3 N–H and O–H groups in total. The number of likely N-dealkylation sites (tertiary alicyclic amines) is 1. The van der Waals surface area contributed by atoms with Crippen LogP contribution in [0.15, 0.2) is 75.7 Å². The molecule has 3 aromatic rings. The van der Waals surface area contributed by atoms with Gasteiger partial charge in [-0.05, 0) is 64.2 Å². The molecule has 0 aromatic heterocycles. The van der Waals surface area contributed by atoms with E-state index in [1.165, 1.54) is 6.07 Å². The molecular weight excluding hydrogens is 659 g/mol. The van der Waals surface area contributed by atoms with E-state index in [-0.39, 0.29) is 29.8 Å². The van der Waals surface area contributed by atoms with Crippen molar-refractivity contribution in [2.24, 2.45) is 5.92 Å². The molecule has 41 heavy (non-hydrogen) atoms. The van der Waals surface area contributed by atoms with Crippen molar-refractivity contribution in [1.82, 2.24) is 15.5 Å². The van der Waals surface area contributed by atoms with E-state index in [1.807, 2.05) is 54.6 Å². The maximum atomic E-state index is 14.5. The zero-order valence-corrected chi connectivity index (χ0v) is 25.6. The topological polar surface area (TPSA) is 99.8 Å². The van der Waals surface area contributed by atoms with Gasteiger partial charge in [0.25, 0.3) is 0 Å². The summed E-state index contributed by atoms with van der Waals surface area (Å²) in [5, 5.41) is 8.22. The Hall–Kier alpha value is -3.44. The lowest BCUT2D eigenvalue weighted by Crippen LogP contribution is -2.53. The number of carbonyl (C=O) groups is 3. The molecule has 1 heterocycles. The van der Waals surface area contributed by atoms with Crippen LogP contribution in [-0.2, 0) is 22.6 Å². The van der Waals surface area contributed by atoms with Gasteiger partial charge in [-0.15, -0.1) is 0 Å². The summed E-state index contributed by atoms with van der Waals surface area (Å²) >= 11 is 6.47. The van der Waals surface area contributed by atoms with Gasteiger partial charge in [0.1, 0.15) is 17.6 Å².